The summed E-state index contributed by atoms with van der Waals surface area (Å²) in [4.78, 5) is 4.50. The van der Waals surface area contributed by atoms with Crippen molar-refractivity contribution in [2.45, 2.75) is 53.7 Å². The van der Waals surface area contributed by atoms with Gasteiger partial charge in [0, 0.05) is 12.3 Å². The van der Waals surface area contributed by atoms with E-state index in [1.165, 1.54) is 22.3 Å². The number of benzene rings is 2. The van der Waals surface area contributed by atoms with Gasteiger partial charge in [-0.2, -0.15) is 0 Å². The Kier molecular flexibility index (Phi) is 5.97. The fraction of sp³-hybridized carbons (Fsp3) is 0.381. The average molecular weight is 309 g/mol. The van der Waals surface area contributed by atoms with Gasteiger partial charge in [-0.25, -0.2) is 0 Å². The SMILES string of the molecule is CCC(C)N=Cc1ccc(OCc2ccc(C)c(C)c2C)cc1. The van der Waals surface area contributed by atoms with Crippen molar-refractivity contribution < 1.29 is 4.74 Å². The highest BCUT2D eigenvalue weighted by Crippen LogP contribution is 2.20. The molecule has 0 fully saturated rings. The first-order valence-electron chi connectivity index (χ1n) is 8.33. The molecule has 122 valence electrons. The maximum atomic E-state index is 5.93. The van der Waals surface area contributed by atoms with Crippen molar-refractivity contribution in [2.75, 3.05) is 0 Å². The van der Waals surface area contributed by atoms with Crippen molar-refractivity contribution in [1.29, 1.82) is 0 Å². The number of aryl methyl sites for hydroxylation is 1. The Bertz CT molecular complexity index is 671. The maximum absolute atomic E-state index is 5.93. The van der Waals surface area contributed by atoms with E-state index in [2.05, 4.69) is 63.9 Å². The van der Waals surface area contributed by atoms with Crippen LogP contribution in [0.1, 0.15) is 48.1 Å². The molecular formula is C21H27NO. The van der Waals surface area contributed by atoms with Crippen molar-refractivity contribution >= 4 is 6.21 Å². The Hall–Kier alpha value is -2.09. The molecule has 0 saturated carbocycles. The Morgan fingerprint density at radius 1 is 1.00 bits per heavy atom. The smallest absolute Gasteiger partial charge is 0.119 e. The summed E-state index contributed by atoms with van der Waals surface area (Å²) in [6.45, 7) is 11.3. The molecule has 0 saturated heterocycles. The van der Waals surface area contributed by atoms with Crippen LogP contribution in [0, 0.1) is 20.8 Å². The molecule has 0 heterocycles. The van der Waals surface area contributed by atoms with Gasteiger partial charge in [0.05, 0.1) is 0 Å². The van der Waals surface area contributed by atoms with Crippen molar-refractivity contribution in [2.24, 2.45) is 4.99 Å². The molecule has 0 aliphatic rings. The normalized spacial score (nSPS) is 12.6. The van der Waals surface area contributed by atoms with E-state index < -0.39 is 0 Å². The largest absolute Gasteiger partial charge is 0.489 e. The number of rotatable bonds is 6. The molecule has 0 aromatic heterocycles. The fourth-order valence-electron chi connectivity index (χ4n) is 2.30. The van der Waals surface area contributed by atoms with Crippen LogP contribution in [0.15, 0.2) is 41.4 Å². The lowest BCUT2D eigenvalue weighted by Crippen LogP contribution is -2.00. The second-order valence-corrected chi connectivity index (χ2v) is 6.18. The van der Waals surface area contributed by atoms with E-state index >= 15 is 0 Å². The third kappa shape index (κ3) is 4.69. The molecule has 0 N–H and O–H groups in total. The molecule has 0 aliphatic heterocycles. The van der Waals surface area contributed by atoms with E-state index in [-0.39, 0.29) is 0 Å². The summed E-state index contributed by atoms with van der Waals surface area (Å²) in [5, 5.41) is 0. The molecule has 0 radical (unpaired) electrons. The lowest BCUT2D eigenvalue weighted by Gasteiger charge is -2.12. The minimum Gasteiger partial charge on any atom is -0.489 e. The molecule has 0 amide bonds. The summed E-state index contributed by atoms with van der Waals surface area (Å²) in [6, 6.07) is 12.8. The second kappa shape index (κ2) is 7.96. The van der Waals surface area contributed by atoms with Gasteiger partial charge in [-0.3, -0.25) is 4.99 Å². The predicted octanol–water partition coefficient (Wildman–Crippen LogP) is 5.41. The maximum Gasteiger partial charge on any atom is 0.119 e. The van der Waals surface area contributed by atoms with Crippen LogP contribution in [-0.4, -0.2) is 12.3 Å². The van der Waals surface area contributed by atoms with Crippen LogP contribution in [0.3, 0.4) is 0 Å². The zero-order chi connectivity index (χ0) is 16.8. The van der Waals surface area contributed by atoms with Gasteiger partial charge < -0.3 is 4.74 Å². The molecule has 2 heteroatoms. The molecule has 0 bridgehead atoms. The number of ether oxygens (including phenoxy) is 1. The minimum absolute atomic E-state index is 0.374. The molecule has 2 aromatic carbocycles. The monoisotopic (exact) mass is 309 g/mol. The van der Waals surface area contributed by atoms with Gasteiger partial charge in [-0.05, 0) is 86.2 Å². The van der Waals surface area contributed by atoms with Gasteiger partial charge in [-0.15, -0.1) is 0 Å². The molecule has 2 nitrogen and oxygen atoms in total. The highest BCUT2D eigenvalue weighted by Gasteiger charge is 2.04. The van der Waals surface area contributed by atoms with Gasteiger partial charge in [0.1, 0.15) is 12.4 Å². The van der Waals surface area contributed by atoms with Gasteiger partial charge in [0.25, 0.3) is 0 Å². The van der Waals surface area contributed by atoms with Crippen molar-refractivity contribution in [3.05, 3.63) is 64.2 Å². The third-order valence-corrected chi connectivity index (χ3v) is 4.51. The van der Waals surface area contributed by atoms with E-state index in [0.717, 1.165) is 17.7 Å². The molecule has 0 spiro atoms. The van der Waals surface area contributed by atoms with Crippen LogP contribution < -0.4 is 4.74 Å². The Morgan fingerprint density at radius 3 is 2.35 bits per heavy atom. The van der Waals surface area contributed by atoms with Crippen molar-refractivity contribution in [1.82, 2.24) is 0 Å². The molecule has 2 rings (SSSR count). The topological polar surface area (TPSA) is 21.6 Å². The summed E-state index contributed by atoms with van der Waals surface area (Å²) in [5.41, 5.74) is 6.36. The first-order valence-corrected chi connectivity index (χ1v) is 8.33. The summed E-state index contributed by atoms with van der Waals surface area (Å²) in [5.74, 6) is 0.892. The lowest BCUT2D eigenvalue weighted by molar-refractivity contribution is 0.305. The van der Waals surface area contributed by atoms with E-state index in [1.807, 2.05) is 18.3 Å². The minimum atomic E-state index is 0.374. The van der Waals surface area contributed by atoms with E-state index in [9.17, 15) is 0 Å². The number of aliphatic imine (C=N–C) groups is 1. The first kappa shape index (κ1) is 17.3. The molecule has 23 heavy (non-hydrogen) atoms. The standard InChI is InChI=1S/C21H27NO/c1-6-16(3)22-13-19-8-11-21(12-9-19)23-14-20-10-7-15(2)17(4)18(20)5/h7-13,16H,6,14H2,1-5H3. The van der Waals surface area contributed by atoms with Crippen molar-refractivity contribution in [3.8, 4) is 5.75 Å². The molecule has 1 atom stereocenters. The number of hydrogen-bond donors (Lipinski definition) is 0. The van der Waals surface area contributed by atoms with Gasteiger partial charge in [0.15, 0.2) is 0 Å². The summed E-state index contributed by atoms with van der Waals surface area (Å²) in [6.07, 6.45) is 3.00. The third-order valence-electron chi connectivity index (χ3n) is 4.51. The van der Waals surface area contributed by atoms with Gasteiger partial charge in [0.2, 0.25) is 0 Å². The lowest BCUT2D eigenvalue weighted by atomic mass is 9.99. The summed E-state index contributed by atoms with van der Waals surface area (Å²) in [7, 11) is 0. The fourth-order valence-corrected chi connectivity index (χ4v) is 2.30. The molecule has 1 unspecified atom stereocenters. The van der Waals surface area contributed by atoms with E-state index in [1.54, 1.807) is 0 Å². The van der Waals surface area contributed by atoms with Crippen LogP contribution in [0.25, 0.3) is 0 Å². The molecule has 2 aromatic rings. The van der Waals surface area contributed by atoms with Crippen molar-refractivity contribution in [3.63, 3.8) is 0 Å². The quantitative estimate of drug-likeness (QED) is 0.654. The van der Waals surface area contributed by atoms with Crippen LogP contribution >= 0.6 is 0 Å². The summed E-state index contributed by atoms with van der Waals surface area (Å²) < 4.78 is 5.93. The second-order valence-electron chi connectivity index (χ2n) is 6.18. The van der Waals surface area contributed by atoms with Crippen LogP contribution in [0.5, 0.6) is 5.75 Å². The number of nitrogens with zero attached hydrogens (tertiary/aromatic N) is 1. The zero-order valence-electron chi connectivity index (χ0n) is 14.9. The Labute approximate surface area is 140 Å². The first-order chi connectivity index (χ1) is 11.0. The van der Waals surface area contributed by atoms with E-state index in [0.29, 0.717) is 12.6 Å². The number of hydrogen-bond acceptors (Lipinski definition) is 2. The van der Waals surface area contributed by atoms with Gasteiger partial charge in [-0.1, -0.05) is 19.1 Å². The van der Waals surface area contributed by atoms with Crippen LogP contribution in [0.4, 0.5) is 0 Å². The highest BCUT2D eigenvalue weighted by atomic mass is 16.5. The zero-order valence-corrected chi connectivity index (χ0v) is 14.9. The van der Waals surface area contributed by atoms with E-state index in [4.69, 9.17) is 4.74 Å². The molecular weight excluding hydrogens is 282 g/mol. The Morgan fingerprint density at radius 2 is 1.70 bits per heavy atom. The Balaban J connectivity index is 1.99. The van der Waals surface area contributed by atoms with Crippen LogP contribution in [-0.2, 0) is 6.61 Å². The van der Waals surface area contributed by atoms with Gasteiger partial charge >= 0.3 is 0 Å². The molecule has 0 aliphatic carbocycles. The summed E-state index contributed by atoms with van der Waals surface area (Å²) >= 11 is 0. The predicted molar refractivity (Wildman–Crippen MR) is 98.8 cm³/mol. The average Bonchev–Trinajstić information content (AvgIpc) is 2.58. The highest BCUT2D eigenvalue weighted by molar-refractivity contribution is 5.79. The van der Waals surface area contributed by atoms with Crippen LogP contribution in [0.2, 0.25) is 0 Å².